The van der Waals surface area contributed by atoms with E-state index in [1.165, 1.54) is 18.1 Å². The molecule has 0 spiro atoms. The zero-order valence-corrected chi connectivity index (χ0v) is 10.7. The van der Waals surface area contributed by atoms with E-state index in [-0.39, 0.29) is 0 Å². The van der Waals surface area contributed by atoms with Crippen LogP contribution in [0.4, 0.5) is 0 Å². The summed E-state index contributed by atoms with van der Waals surface area (Å²) in [5.74, 6) is 0.617. The molecule has 0 aliphatic heterocycles. The number of rotatable bonds is 3. The summed E-state index contributed by atoms with van der Waals surface area (Å²) in [6.07, 6.45) is 1.51. The topological polar surface area (TPSA) is 43.6 Å². The van der Waals surface area contributed by atoms with E-state index in [4.69, 9.17) is 23.2 Å². The van der Waals surface area contributed by atoms with Gasteiger partial charge < -0.3 is 0 Å². The van der Waals surface area contributed by atoms with Crippen LogP contribution in [0.25, 0.3) is 0 Å². The highest BCUT2D eigenvalue weighted by Gasteiger charge is 2.07. The molecule has 16 heavy (non-hydrogen) atoms. The molecular formula is C9H8Cl2N4S. The van der Waals surface area contributed by atoms with Crippen LogP contribution < -0.4 is 0 Å². The average Bonchev–Trinajstić information content (AvgIpc) is 2.66. The summed E-state index contributed by atoms with van der Waals surface area (Å²) in [5.41, 5.74) is 0.752. The molecule has 4 nitrogen and oxygen atoms in total. The highest BCUT2D eigenvalue weighted by atomic mass is 35.5. The summed E-state index contributed by atoms with van der Waals surface area (Å²) < 4.78 is 1.70. The molecule has 0 bridgehead atoms. The first-order chi connectivity index (χ1) is 7.66. The van der Waals surface area contributed by atoms with Gasteiger partial charge in [0.1, 0.15) is 11.5 Å². The fraction of sp³-hybridized carbons (Fsp3) is 0.222. The first-order valence-corrected chi connectivity index (χ1v) is 6.18. The van der Waals surface area contributed by atoms with Crippen molar-refractivity contribution in [3.8, 4) is 0 Å². The minimum atomic E-state index is 0.443. The van der Waals surface area contributed by atoms with Crippen molar-refractivity contribution in [2.45, 2.75) is 10.9 Å². The second-order valence-corrected chi connectivity index (χ2v) is 4.75. The third kappa shape index (κ3) is 2.66. The lowest BCUT2D eigenvalue weighted by Gasteiger charge is -2.03. The molecule has 0 saturated carbocycles. The molecule has 84 valence electrons. The maximum Gasteiger partial charge on any atom is 0.186 e. The Morgan fingerprint density at radius 1 is 1.38 bits per heavy atom. The Balaban J connectivity index is 2.10. The summed E-state index contributed by atoms with van der Waals surface area (Å²) in [7, 11) is 1.84. The summed E-state index contributed by atoms with van der Waals surface area (Å²) in [6.45, 7) is 0. The van der Waals surface area contributed by atoms with Crippen molar-refractivity contribution in [2.75, 3.05) is 0 Å². The predicted molar refractivity (Wildman–Crippen MR) is 64.8 cm³/mol. The van der Waals surface area contributed by atoms with Crippen molar-refractivity contribution < 1.29 is 0 Å². The van der Waals surface area contributed by atoms with E-state index < -0.39 is 0 Å². The number of thioether (sulfide) groups is 1. The van der Waals surface area contributed by atoms with Gasteiger partial charge in [-0.15, -0.1) is 0 Å². The Labute approximate surface area is 107 Å². The third-order valence-electron chi connectivity index (χ3n) is 1.89. The number of aryl methyl sites for hydroxylation is 1. The van der Waals surface area contributed by atoms with Gasteiger partial charge in [-0.1, -0.05) is 35.0 Å². The molecule has 0 fully saturated rings. The van der Waals surface area contributed by atoms with Gasteiger partial charge in [0.2, 0.25) is 0 Å². The Kier molecular flexibility index (Phi) is 3.68. The van der Waals surface area contributed by atoms with E-state index in [1.54, 1.807) is 16.8 Å². The quantitative estimate of drug-likeness (QED) is 0.638. The SMILES string of the molecule is Cn1ncnc1SCc1nc(Cl)ccc1Cl. The van der Waals surface area contributed by atoms with Gasteiger partial charge in [-0.3, -0.25) is 0 Å². The van der Waals surface area contributed by atoms with Crippen LogP contribution in [0.15, 0.2) is 23.6 Å². The molecule has 0 aromatic carbocycles. The molecule has 0 aliphatic carbocycles. The minimum absolute atomic E-state index is 0.443. The number of hydrogen-bond donors (Lipinski definition) is 0. The van der Waals surface area contributed by atoms with E-state index in [1.807, 2.05) is 7.05 Å². The van der Waals surface area contributed by atoms with Crippen LogP contribution in [0.2, 0.25) is 10.2 Å². The summed E-state index contributed by atoms with van der Waals surface area (Å²) in [5, 5.41) is 5.84. The van der Waals surface area contributed by atoms with E-state index in [2.05, 4.69) is 15.1 Å². The molecule has 2 aromatic rings. The zero-order chi connectivity index (χ0) is 11.5. The maximum atomic E-state index is 6.00. The second kappa shape index (κ2) is 5.03. The molecule has 0 amide bonds. The molecule has 0 saturated heterocycles. The van der Waals surface area contributed by atoms with Gasteiger partial charge in [0, 0.05) is 12.8 Å². The largest absolute Gasteiger partial charge is 0.244 e. The van der Waals surface area contributed by atoms with E-state index in [0.29, 0.717) is 15.9 Å². The molecule has 2 rings (SSSR count). The summed E-state index contributed by atoms with van der Waals surface area (Å²) in [6, 6.07) is 3.41. The lowest BCUT2D eigenvalue weighted by Crippen LogP contribution is -1.94. The number of nitrogens with zero attached hydrogens (tertiary/aromatic N) is 4. The first-order valence-electron chi connectivity index (χ1n) is 4.44. The molecule has 0 unspecified atom stereocenters. The van der Waals surface area contributed by atoms with Crippen molar-refractivity contribution in [1.29, 1.82) is 0 Å². The Morgan fingerprint density at radius 2 is 2.19 bits per heavy atom. The predicted octanol–water partition coefficient (Wildman–Crippen LogP) is 2.81. The number of pyridine rings is 1. The maximum absolute atomic E-state index is 6.00. The highest BCUT2D eigenvalue weighted by molar-refractivity contribution is 7.98. The zero-order valence-electron chi connectivity index (χ0n) is 8.39. The number of hydrogen-bond acceptors (Lipinski definition) is 4. The monoisotopic (exact) mass is 274 g/mol. The number of halogens is 2. The van der Waals surface area contributed by atoms with Gasteiger partial charge in [-0.05, 0) is 12.1 Å². The molecule has 7 heteroatoms. The van der Waals surface area contributed by atoms with Crippen molar-refractivity contribution in [1.82, 2.24) is 19.7 Å². The molecule has 0 radical (unpaired) electrons. The molecule has 0 atom stereocenters. The van der Waals surface area contributed by atoms with Gasteiger partial charge in [0.05, 0.1) is 10.7 Å². The van der Waals surface area contributed by atoms with Gasteiger partial charge in [0.25, 0.3) is 0 Å². The summed E-state index contributed by atoms with van der Waals surface area (Å²) in [4.78, 5) is 8.25. The minimum Gasteiger partial charge on any atom is -0.244 e. The second-order valence-electron chi connectivity index (χ2n) is 3.02. The molecule has 0 aliphatic rings. The van der Waals surface area contributed by atoms with Crippen LogP contribution in [-0.2, 0) is 12.8 Å². The van der Waals surface area contributed by atoms with Crippen LogP contribution in [0.3, 0.4) is 0 Å². The lowest BCUT2D eigenvalue weighted by atomic mass is 10.4. The molecule has 0 N–H and O–H groups in total. The standard InChI is InChI=1S/C9H8Cl2N4S/c1-15-9(12-5-13-15)16-4-7-6(10)2-3-8(11)14-7/h2-3,5H,4H2,1H3. The highest BCUT2D eigenvalue weighted by Crippen LogP contribution is 2.24. The fourth-order valence-electron chi connectivity index (χ4n) is 1.11. The van der Waals surface area contributed by atoms with Crippen molar-refractivity contribution in [3.63, 3.8) is 0 Å². The van der Waals surface area contributed by atoms with E-state index in [0.717, 1.165) is 10.9 Å². The van der Waals surface area contributed by atoms with Crippen LogP contribution in [0.5, 0.6) is 0 Å². The van der Waals surface area contributed by atoms with Gasteiger partial charge in [0.15, 0.2) is 5.16 Å². The Morgan fingerprint density at radius 3 is 2.88 bits per heavy atom. The van der Waals surface area contributed by atoms with Crippen molar-refractivity contribution in [3.05, 3.63) is 34.3 Å². The smallest absolute Gasteiger partial charge is 0.186 e. The van der Waals surface area contributed by atoms with E-state index >= 15 is 0 Å². The summed E-state index contributed by atoms with van der Waals surface area (Å²) >= 11 is 13.3. The van der Waals surface area contributed by atoms with Crippen LogP contribution >= 0.6 is 35.0 Å². The Hall–Kier alpha value is -0.780. The van der Waals surface area contributed by atoms with E-state index in [9.17, 15) is 0 Å². The Bertz CT molecular complexity index is 500. The first kappa shape index (κ1) is 11.7. The number of aromatic nitrogens is 4. The van der Waals surface area contributed by atoms with Crippen LogP contribution in [0, 0.1) is 0 Å². The fourth-order valence-corrected chi connectivity index (χ4v) is 2.37. The molecule has 2 aromatic heterocycles. The van der Waals surface area contributed by atoms with Crippen LogP contribution in [-0.4, -0.2) is 19.7 Å². The van der Waals surface area contributed by atoms with Gasteiger partial charge in [-0.25, -0.2) is 14.6 Å². The van der Waals surface area contributed by atoms with Gasteiger partial charge in [-0.2, -0.15) is 5.10 Å². The molecular weight excluding hydrogens is 267 g/mol. The average molecular weight is 275 g/mol. The molecule has 2 heterocycles. The van der Waals surface area contributed by atoms with Crippen molar-refractivity contribution in [2.24, 2.45) is 7.05 Å². The van der Waals surface area contributed by atoms with Crippen LogP contribution in [0.1, 0.15) is 5.69 Å². The third-order valence-corrected chi connectivity index (χ3v) is 3.49. The van der Waals surface area contributed by atoms with Gasteiger partial charge >= 0.3 is 0 Å². The normalized spacial score (nSPS) is 10.7. The van der Waals surface area contributed by atoms with Crippen molar-refractivity contribution >= 4 is 35.0 Å². The lowest BCUT2D eigenvalue weighted by molar-refractivity contribution is 0.685.